The summed E-state index contributed by atoms with van der Waals surface area (Å²) in [5.41, 5.74) is 3.97. The molecule has 4 aromatic carbocycles. The molecular weight excluding hydrogens is 563 g/mol. The highest BCUT2D eigenvalue weighted by atomic mass is 35.5. The smallest absolute Gasteiger partial charge is 0.335 e. The van der Waals surface area contributed by atoms with E-state index in [0.29, 0.717) is 34.3 Å². The highest BCUT2D eigenvalue weighted by Crippen LogP contribution is 2.31. The van der Waals surface area contributed by atoms with Crippen LogP contribution in [0.25, 0.3) is 0 Å². The molecule has 0 unspecified atom stereocenters. The van der Waals surface area contributed by atoms with E-state index < -0.39 is 12.1 Å². The number of ether oxygens (including phenoxy) is 1. The van der Waals surface area contributed by atoms with Crippen molar-refractivity contribution in [1.82, 2.24) is 5.32 Å². The van der Waals surface area contributed by atoms with Gasteiger partial charge in [-0.25, -0.2) is 4.79 Å². The number of carbonyl (C=O) groups excluding carboxylic acids is 1. The first-order chi connectivity index (χ1) is 19.3. The van der Waals surface area contributed by atoms with Gasteiger partial charge in [-0.05, 0) is 84.5 Å². The van der Waals surface area contributed by atoms with Gasteiger partial charge < -0.3 is 25.6 Å². The third-order valence-electron chi connectivity index (χ3n) is 6.94. The maximum Gasteiger partial charge on any atom is 0.335 e. The second kappa shape index (κ2) is 13.7. The molecule has 0 aliphatic heterocycles. The Kier molecular flexibility index (Phi) is 10.0. The molecule has 0 fully saturated rings. The Hall–Kier alpha value is -3.88. The maximum absolute atomic E-state index is 12.6. The molecule has 9 heteroatoms. The molecule has 4 aromatic rings. The largest absolute Gasteiger partial charge is 0.478 e. The fourth-order valence-corrected chi connectivity index (χ4v) is 4.96. The molecule has 0 saturated heterocycles. The van der Waals surface area contributed by atoms with E-state index in [1.54, 1.807) is 42.5 Å². The summed E-state index contributed by atoms with van der Waals surface area (Å²) >= 11 is 5.95. The summed E-state index contributed by atoms with van der Waals surface area (Å²) in [4.78, 5) is 24.4. The lowest BCUT2D eigenvalue weighted by Gasteiger charge is -2.27. The number of hydrogen-bond donors (Lipinski definition) is 4. The predicted molar refractivity (Wildman–Crippen MR) is 162 cm³/mol. The molecule has 0 saturated carbocycles. The molecule has 7 nitrogen and oxygen atoms in total. The maximum atomic E-state index is 12.6. The standard InChI is InChI=1S/C32H29ClN2O5.ClH/c33-25-10-6-21(7-11-25)30(36)19-34-26-12-8-20-9-13-28(16-23(20)14-26)40-29-17-24(32(38)39)15-27(18-29)35-31(37)22-4-2-1-3-5-22;/h1-7,9-11,13,15-18,26,30,34,36H,8,12,14,19H2,(H,35,37)(H,38,39);1H/t26-,30+;/m0./s1. The number of carbonyl (C=O) groups is 2. The third-order valence-corrected chi connectivity index (χ3v) is 7.20. The number of carboxylic acids is 1. The van der Waals surface area contributed by atoms with Crippen LogP contribution in [-0.4, -0.2) is 34.7 Å². The lowest BCUT2D eigenvalue weighted by atomic mass is 9.88. The van der Waals surface area contributed by atoms with Crippen LogP contribution in [0.4, 0.5) is 5.69 Å². The molecule has 2 atom stereocenters. The molecule has 0 bridgehead atoms. The summed E-state index contributed by atoms with van der Waals surface area (Å²) in [6, 6.07) is 26.4. The number of nitrogens with one attached hydrogen (secondary N) is 2. The molecule has 5 rings (SSSR count). The van der Waals surface area contributed by atoms with Gasteiger partial charge in [0.25, 0.3) is 5.91 Å². The van der Waals surface area contributed by atoms with Crippen LogP contribution in [0.2, 0.25) is 5.02 Å². The van der Waals surface area contributed by atoms with Crippen LogP contribution in [0.1, 0.15) is 49.9 Å². The molecule has 41 heavy (non-hydrogen) atoms. The predicted octanol–water partition coefficient (Wildman–Crippen LogP) is 6.69. The zero-order valence-corrected chi connectivity index (χ0v) is 23.6. The van der Waals surface area contributed by atoms with Gasteiger partial charge in [0.1, 0.15) is 11.5 Å². The molecule has 1 aliphatic rings. The fourth-order valence-electron chi connectivity index (χ4n) is 4.83. The molecular formula is C32H30Cl2N2O5. The minimum atomic E-state index is -1.12. The van der Waals surface area contributed by atoms with Gasteiger partial charge in [0.15, 0.2) is 0 Å². The van der Waals surface area contributed by atoms with Gasteiger partial charge in [0.05, 0.1) is 11.7 Å². The summed E-state index contributed by atoms with van der Waals surface area (Å²) in [6.45, 7) is 0.428. The van der Waals surface area contributed by atoms with Crippen molar-refractivity contribution in [3.8, 4) is 11.5 Å². The summed E-state index contributed by atoms with van der Waals surface area (Å²) in [6.07, 6.45) is 1.99. The van der Waals surface area contributed by atoms with Gasteiger partial charge in [0, 0.05) is 34.9 Å². The number of aromatic carboxylic acids is 1. The SMILES string of the molecule is Cl.O=C(O)c1cc(NC(=O)c2ccccc2)cc(Oc2ccc3c(c2)C[C@@H](NC[C@@H](O)c2ccc(Cl)cc2)CC3)c1. The number of fused-ring (bicyclic) bond motifs is 1. The first-order valence-electron chi connectivity index (χ1n) is 13.1. The molecule has 0 spiro atoms. The van der Waals surface area contributed by atoms with Crippen molar-refractivity contribution in [1.29, 1.82) is 0 Å². The van der Waals surface area contributed by atoms with Crippen LogP contribution in [0, 0.1) is 0 Å². The lowest BCUT2D eigenvalue weighted by Crippen LogP contribution is -2.37. The van der Waals surface area contributed by atoms with Crippen molar-refractivity contribution in [2.45, 2.75) is 31.4 Å². The van der Waals surface area contributed by atoms with E-state index in [0.717, 1.165) is 30.4 Å². The number of rotatable bonds is 9. The first-order valence-corrected chi connectivity index (χ1v) is 13.4. The van der Waals surface area contributed by atoms with Gasteiger partial charge in [0.2, 0.25) is 0 Å². The molecule has 1 amide bonds. The Morgan fingerprint density at radius 2 is 1.66 bits per heavy atom. The van der Waals surface area contributed by atoms with E-state index in [4.69, 9.17) is 16.3 Å². The van der Waals surface area contributed by atoms with Crippen LogP contribution < -0.4 is 15.4 Å². The van der Waals surface area contributed by atoms with Crippen LogP contribution in [-0.2, 0) is 12.8 Å². The van der Waals surface area contributed by atoms with Gasteiger partial charge in [-0.1, -0.05) is 48.0 Å². The number of aliphatic hydroxyl groups is 1. The summed E-state index contributed by atoms with van der Waals surface area (Å²) in [5, 5.41) is 27.0. The zero-order chi connectivity index (χ0) is 28.1. The summed E-state index contributed by atoms with van der Waals surface area (Å²) in [5.74, 6) is -0.591. The minimum absolute atomic E-state index is 0. The van der Waals surface area contributed by atoms with E-state index in [2.05, 4.69) is 10.6 Å². The molecule has 0 aromatic heterocycles. The first kappa shape index (κ1) is 30.1. The number of amides is 1. The Morgan fingerprint density at radius 1 is 0.902 bits per heavy atom. The van der Waals surface area contributed by atoms with E-state index in [-0.39, 0.29) is 29.9 Å². The van der Waals surface area contributed by atoms with Gasteiger partial charge in [-0.15, -0.1) is 12.4 Å². The van der Waals surface area contributed by atoms with Crippen molar-refractivity contribution in [3.63, 3.8) is 0 Å². The molecule has 0 heterocycles. The normalized spacial score (nSPS) is 14.7. The van der Waals surface area contributed by atoms with Crippen molar-refractivity contribution in [2.75, 3.05) is 11.9 Å². The fraction of sp³-hybridized carbons (Fsp3) is 0.188. The Labute approximate surface area is 249 Å². The summed E-state index contributed by atoms with van der Waals surface area (Å²) in [7, 11) is 0. The monoisotopic (exact) mass is 592 g/mol. The van der Waals surface area contributed by atoms with Gasteiger partial charge >= 0.3 is 5.97 Å². The molecule has 1 aliphatic carbocycles. The van der Waals surface area contributed by atoms with Crippen LogP contribution in [0.5, 0.6) is 11.5 Å². The highest BCUT2D eigenvalue weighted by molar-refractivity contribution is 6.30. The molecule has 0 radical (unpaired) electrons. The number of aryl methyl sites for hydroxylation is 1. The number of anilines is 1. The quantitative estimate of drug-likeness (QED) is 0.172. The number of carboxylic acid groups (broad SMARTS) is 1. The zero-order valence-electron chi connectivity index (χ0n) is 22.0. The topological polar surface area (TPSA) is 108 Å². The van der Waals surface area contributed by atoms with Crippen LogP contribution in [0.15, 0.2) is 91.0 Å². The third kappa shape index (κ3) is 7.86. The lowest BCUT2D eigenvalue weighted by molar-refractivity contribution is 0.0696. The second-order valence-electron chi connectivity index (χ2n) is 9.82. The summed E-state index contributed by atoms with van der Waals surface area (Å²) < 4.78 is 6.08. The number of benzene rings is 4. The second-order valence-corrected chi connectivity index (χ2v) is 10.3. The number of aliphatic hydroxyl groups excluding tert-OH is 1. The highest BCUT2D eigenvalue weighted by Gasteiger charge is 2.21. The molecule has 212 valence electrons. The minimum Gasteiger partial charge on any atom is -0.478 e. The van der Waals surface area contributed by atoms with Gasteiger partial charge in [-0.3, -0.25) is 4.79 Å². The van der Waals surface area contributed by atoms with Crippen molar-refractivity contribution in [2.24, 2.45) is 0 Å². The van der Waals surface area contributed by atoms with Gasteiger partial charge in [-0.2, -0.15) is 0 Å². The Morgan fingerprint density at radius 3 is 2.39 bits per heavy atom. The Bertz CT molecular complexity index is 1510. The average molecular weight is 594 g/mol. The van der Waals surface area contributed by atoms with E-state index >= 15 is 0 Å². The van der Waals surface area contributed by atoms with Crippen molar-refractivity contribution in [3.05, 3.63) is 124 Å². The number of hydrogen-bond acceptors (Lipinski definition) is 5. The average Bonchev–Trinajstić information content (AvgIpc) is 2.96. The van der Waals surface area contributed by atoms with Crippen LogP contribution >= 0.6 is 24.0 Å². The van der Waals surface area contributed by atoms with Crippen LogP contribution in [0.3, 0.4) is 0 Å². The van der Waals surface area contributed by atoms with E-state index in [9.17, 15) is 19.8 Å². The Balaban J connectivity index is 0.00000387. The van der Waals surface area contributed by atoms with Crippen molar-refractivity contribution >= 4 is 41.6 Å². The molecule has 4 N–H and O–H groups in total. The van der Waals surface area contributed by atoms with E-state index in [1.165, 1.54) is 17.7 Å². The number of halogens is 2. The van der Waals surface area contributed by atoms with E-state index in [1.807, 2.05) is 36.4 Å². The van der Waals surface area contributed by atoms with Crippen molar-refractivity contribution < 1.29 is 24.5 Å².